The fraction of sp³-hybridized carbons (Fsp3) is 1.00. The maximum Gasteiger partial charge on any atom is 0.0266 e. The first-order chi connectivity index (χ1) is 6.55. The highest BCUT2D eigenvalue weighted by Gasteiger charge is 2.29. The van der Waals surface area contributed by atoms with Gasteiger partial charge in [-0.2, -0.15) is 0 Å². The Morgan fingerprint density at radius 2 is 1.57 bits per heavy atom. The molecule has 1 unspecified atom stereocenters. The lowest BCUT2D eigenvalue weighted by Gasteiger charge is -2.39. The third-order valence-corrected chi connectivity index (χ3v) is 3.30. The van der Waals surface area contributed by atoms with E-state index in [-0.39, 0.29) is 0 Å². The Labute approximate surface area is 88.8 Å². The topological polar surface area (TPSA) is 29.3 Å². The monoisotopic (exact) mass is 198 g/mol. The van der Waals surface area contributed by atoms with E-state index in [1.54, 1.807) is 0 Å². The Morgan fingerprint density at radius 1 is 1.07 bits per heavy atom. The van der Waals surface area contributed by atoms with Crippen LogP contribution < -0.4 is 5.73 Å². The van der Waals surface area contributed by atoms with Crippen LogP contribution in [-0.4, -0.2) is 30.6 Å². The summed E-state index contributed by atoms with van der Waals surface area (Å²) in [6.07, 6.45) is 5.51. The Hall–Kier alpha value is -0.0800. The molecule has 0 aromatic carbocycles. The second kappa shape index (κ2) is 5.13. The van der Waals surface area contributed by atoms with Gasteiger partial charge in [0.25, 0.3) is 0 Å². The Kier molecular flexibility index (Phi) is 4.39. The van der Waals surface area contributed by atoms with Crippen LogP contribution in [0, 0.1) is 5.41 Å². The summed E-state index contributed by atoms with van der Waals surface area (Å²) < 4.78 is 0. The average molecular weight is 198 g/mol. The number of nitrogens with zero attached hydrogens (tertiary/aromatic N) is 1. The highest BCUT2D eigenvalue weighted by Crippen LogP contribution is 2.25. The minimum Gasteiger partial charge on any atom is -0.329 e. The van der Waals surface area contributed by atoms with Crippen molar-refractivity contribution >= 4 is 0 Å². The van der Waals surface area contributed by atoms with Gasteiger partial charge in [-0.25, -0.2) is 0 Å². The van der Waals surface area contributed by atoms with Crippen LogP contribution in [0.15, 0.2) is 0 Å². The molecule has 0 bridgehead atoms. The molecule has 84 valence electrons. The van der Waals surface area contributed by atoms with Crippen LogP contribution in [0.5, 0.6) is 0 Å². The minimum absolute atomic E-state index is 0.319. The molecule has 0 aliphatic carbocycles. The molecular weight excluding hydrogens is 172 g/mol. The molecule has 1 aliphatic heterocycles. The molecule has 0 radical (unpaired) electrons. The minimum atomic E-state index is 0.319. The van der Waals surface area contributed by atoms with Crippen molar-refractivity contribution in [3.05, 3.63) is 0 Å². The van der Waals surface area contributed by atoms with Crippen molar-refractivity contribution in [3.63, 3.8) is 0 Å². The Bertz CT molecular complexity index is 152. The maximum atomic E-state index is 5.90. The quantitative estimate of drug-likeness (QED) is 0.737. The summed E-state index contributed by atoms with van der Waals surface area (Å²) >= 11 is 0. The Morgan fingerprint density at radius 3 is 1.93 bits per heavy atom. The van der Waals surface area contributed by atoms with Crippen molar-refractivity contribution in [2.45, 2.75) is 52.5 Å². The van der Waals surface area contributed by atoms with Crippen LogP contribution in [0.25, 0.3) is 0 Å². The van der Waals surface area contributed by atoms with Crippen LogP contribution in [0.1, 0.15) is 46.5 Å². The largest absolute Gasteiger partial charge is 0.329 e. The summed E-state index contributed by atoms with van der Waals surface area (Å²) in [6, 6.07) is 0.556. The van der Waals surface area contributed by atoms with Gasteiger partial charge in [-0.1, -0.05) is 33.6 Å². The van der Waals surface area contributed by atoms with Crippen molar-refractivity contribution in [1.82, 2.24) is 4.90 Å². The predicted octanol–water partition coefficient (Wildman–Crippen LogP) is 2.24. The first-order valence-corrected chi connectivity index (χ1v) is 6.00. The van der Waals surface area contributed by atoms with E-state index in [2.05, 4.69) is 25.7 Å². The number of hydrogen-bond acceptors (Lipinski definition) is 2. The normalized spacial score (nSPS) is 23.1. The molecule has 0 spiro atoms. The molecule has 2 N–H and O–H groups in total. The van der Waals surface area contributed by atoms with Crippen molar-refractivity contribution in [2.24, 2.45) is 11.1 Å². The van der Waals surface area contributed by atoms with Crippen LogP contribution in [0.4, 0.5) is 0 Å². The van der Waals surface area contributed by atoms with E-state index in [9.17, 15) is 0 Å². The van der Waals surface area contributed by atoms with E-state index >= 15 is 0 Å². The van der Waals surface area contributed by atoms with Crippen molar-refractivity contribution in [1.29, 1.82) is 0 Å². The van der Waals surface area contributed by atoms with Gasteiger partial charge >= 0.3 is 0 Å². The Balaban J connectivity index is 2.58. The first-order valence-electron chi connectivity index (χ1n) is 6.00. The number of hydrogen-bond donors (Lipinski definition) is 1. The van der Waals surface area contributed by atoms with E-state index < -0.39 is 0 Å². The number of likely N-dealkylation sites (tertiary alicyclic amines) is 1. The molecular formula is C12H26N2. The second-order valence-corrected chi connectivity index (χ2v) is 5.57. The predicted molar refractivity (Wildman–Crippen MR) is 62.3 cm³/mol. The van der Waals surface area contributed by atoms with Crippen LogP contribution >= 0.6 is 0 Å². The van der Waals surface area contributed by atoms with Gasteiger partial charge in [-0.05, 0) is 31.3 Å². The van der Waals surface area contributed by atoms with Crippen molar-refractivity contribution in [2.75, 3.05) is 19.6 Å². The van der Waals surface area contributed by atoms with Crippen LogP contribution in [0.3, 0.4) is 0 Å². The van der Waals surface area contributed by atoms with Gasteiger partial charge in [-0.15, -0.1) is 0 Å². The van der Waals surface area contributed by atoms with Gasteiger partial charge in [0.05, 0.1) is 0 Å². The summed E-state index contributed by atoms with van der Waals surface area (Å²) in [4.78, 5) is 2.60. The molecule has 2 heteroatoms. The molecule has 1 aliphatic rings. The first kappa shape index (κ1) is 12.0. The number of rotatable bonds is 2. The molecule has 0 saturated carbocycles. The fourth-order valence-corrected chi connectivity index (χ4v) is 2.46. The molecule has 1 saturated heterocycles. The zero-order valence-corrected chi connectivity index (χ0v) is 10.1. The van der Waals surface area contributed by atoms with Gasteiger partial charge in [-0.3, -0.25) is 4.90 Å². The third-order valence-electron chi connectivity index (χ3n) is 3.30. The summed E-state index contributed by atoms with van der Waals surface area (Å²) in [7, 11) is 0. The molecule has 2 nitrogen and oxygen atoms in total. The molecule has 0 aromatic heterocycles. The molecule has 1 heterocycles. The zero-order chi connectivity index (χ0) is 10.6. The molecule has 0 aromatic rings. The summed E-state index contributed by atoms with van der Waals surface area (Å²) in [6.45, 7) is 10.2. The van der Waals surface area contributed by atoms with E-state index in [1.165, 1.54) is 38.8 Å². The molecule has 1 rings (SSSR count). The lowest BCUT2D eigenvalue weighted by molar-refractivity contribution is 0.108. The van der Waals surface area contributed by atoms with Gasteiger partial charge in [0.2, 0.25) is 0 Å². The molecule has 0 amide bonds. The van der Waals surface area contributed by atoms with Gasteiger partial charge < -0.3 is 5.73 Å². The van der Waals surface area contributed by atoms with Gasteiger partial charge in [0.1, 0.15) is 0 Å². The molecule has 1 fully saturated rings. The van der Waals surface area contributed by atoms with Crippen LogP contribution in [0.2, 0.25) is 0 Å². The SMILES string of the molecule is CC(C)(C)C(CN)N1CCCCCC1. The van der Waals surface area contributed by atoms with Crippen molar-refractivity contribution in [3.8, 4) is 0 Å². The third kappa shape index (κ3) is 3.25. The molecule has 1 atom stereocenters. The summed E-state index contributed by atoms with van der Waals surface area (Å²) in [5.74, 6) is 0. The van der Waals surface area contributed by atoms with Gasteiger partial charge in [0, 0.05) is 12.6 Å². The van der Waals surface area contributed by atoms with E-state index in [0.717, 1.165) is 6.54 Å². The van der Waals surface area contributed by atoms with E-state index in [0.29, 0.717) is 11.5 Å². The lowest BCUT2D eigenvalue weighted by Crippen LogP contribution is -2.49. The second-order valence-electron chi connectivity index (χ2n) is 5.57. The smallest absolute Gasteiger partial charge is 0.0266 e. The lowest BCUT2D eigenvalue weighted by atomic mass is 9.85. The highest BCUT2D eigenvalue weighted by molar-refractivity contribution is 4.84. The van der Waals surface area contributed by atoms with E-state index in [4.69, 9.17) is 5.73 Å². The van der Waals surface area contributed by atoms with E-state index in [1.807, 2.05) is 0 Å². The average Bonchev–Trinajstić information content (AvgIpc) is 2.31. The number of nitrogens with two attached hydrogens (primary N) is 1. The fourth-order valence-electron chi connectivity index (χ4n) is 2.46. The standard InChI is InChI=1S/C12H26N2/c1-12(2,3)11(10-13)14-8-6-4-5-7-9-14/h11H,4-10,13H2,1-3H3. The summed E-state index contributed by atoms with van der Waals surface area (Å²) in [5.41, 5.74) is 6.22. The summed E-state index contributed by atoms with van der Waals surface area (Å²) in [5, 5.41) is 0. The van der Waals surface area contributed by atoms with Gasteiger partial charge in [0.15, 0.2) is 0 Å². The van der Waals surface area contributed by atoms with Crippen LogP contribution in [-0.2, 0) is 0 Å². The zero-order valence-electron chi connectivity index (χ0n) is 10.1. The molecule has 14 heavy (non-hydrogen) atoms. The van der Waals surface area contributed by atoms with Crippen molar-refractivity contribution < 1.29 is 0 Å². The maximum absolute atomic E-state index is 5.90. The highest BCUT2D eigenvalue weighted by atomic mass is 15.2.